The first kappa shape index (κ1) is 19.5. The minimum Gasteiger partial charge on any atom is -0.379 e. The number of hydrogen-bond donors (Lipinski definition) is 1. The van der Waals surface area contributed by atoms with Crippen molar-refractivity contribution in [2.24, 2.45) is 23.2 Å². The van der Waals surface area contributed by atoms with Crippen LogP contribution in [0, 0.1) is 23.2 Å². The van der Waals surface area contributed by atoms with E-state index in [4.69, 9.17) is 4.74 Å². The third kappa shape index (κ3) is 3.62. The molecule has 5 fully saturated rings. The summed E-state index contributed by atoms with van der Waals surface area (Å²) in [6.07, 6.45) is 8.24. The van der Waals surface area contributed by atoms with Crippen molar-refractivity contribution < 1.29 is 17.9 Å². The minimum atomic E-state index is -3.51. The summed E-state index contributed by atoms with van der Waals surface area (Å²) < 4.78 is 32.3. The van der Waals surface area contributed by atoms with Gasteiger partial charge in [0.25, 0.3) is 0 Å². The van der Waals surface area contributed by atoms with Gasteiger partial charge in [0.1, 0.15) is 0 Å². The van der Waals surface area contributed by atoms with Gasteiger partial charge in [-0.2, -0.15) is 4.31 Å². The van der Waals surface area contributed by atoms with Crippen LogP contribution in [-0.2, 0) is 19.6 Å². The zero-order valence-corrected chi connectivity index (χ0v) is 17.6. The van der Waals surface area contributed by atoms with E-state index in [0.717, 1.165) is 19.3 Å². The van der Waals surface area contributed by atoms with Crippen LogP contribution in [0.15, 0.2) is 29.2 Å². The van der Waals surface area contributed by atoms with Gasteiger partial charge in [0.05, 0.1) is 23.5 Å². The summed E-state index contributed by atoms with van der Waals surface area (Å²) in [6.45, 7) is 1.62. The van der Waals surface area contributed by atoms with Crippen molar-refractivity contribution in [1.82, 2.24) is 4.31 Å². The number of morpholine rings is 1. The molecule has 4 aliphatic carbocycles. The Bertz CT molecular complexity index is 861. The Hall–Kier alpha value is -1.44. The lowest BCUT2D eigenvalue weighted by Gasteiger charge is -2.47. The lowest BCUT2D eigenvalue weighted by atomic mass is 9.58. The second-order valence-electron chi connectivity index (χ2n) is 9.53. The van der Waals surface area contributed by atoms with E-state index in [-0.39, 0.29) is 16.2 Å². The molecule has 6 rings (SSSR count). The highest BCUT2D eigenvalue weighted by molar-refractivity contribution is 7.89. The number of nitrogens with zero attached hydrogens (tertiary/aromatic N) is 1. The first-order valence-electron chi connectivity index (χ1n) is 10.9. The fourth-order valence-corrected chi connectivity index (χ4v) is 7.79. The summed E-state index contributed by atoms with van der Waals surface area (Å²) in [4.78, 5) is 13.6. The van der Waals surface area contributed by atoms with Crippen LogP contribution in [-0.4, -0.2) is 44.9 Å². The highest BCUT2D eigenvalue weighted by Gasteiger charge is 2.52. The van der Waals surface area contributed by atoms with Crippen LogP contribution in [0.2, 0.25) is 0 Å². The first-order chi connectivity index (χ1) is 13.9. The van der Waals surface area contributed by atoms with Gasteiger partial charge in [0.2, 0.25) is 15.9 Å². The van der Waals surface area contributed by atoms with Gasteiger partial charge in [0.15, 0.2) is 0 Å². The zero-order chi connectivity index (χ0) is 20.1. The zero-order valence-electron chi connectivity index (χ0n) is 16.8. The van der Waals surface area contributed by atoms with Gasteiger partial charge < -0.3 is 10.1 Å². The standard InChI is InChI=1S/C22H30N2O4S/c25-21(22-13-16-1-2-17(14-22)12-18(11-16)15-22)23-19-3-5-20(6-4-19)29(26,27)24-7-9-28-10-8-24/h3-6,16-18H,1-2,7-15H2,(H,23,25). The SMILES string of the molecule is O=C(Nc1ccc(S(=O)(=O)N2CCOCC2)cc1)C12CC3CCC(CC(C3)C1)C2. The number of carbonyl (C=O) groups excluding carboxylic acids is 1. The van der Waals surface area contributed by atoms with Gasteiger partial charge in [0, 0.05) is 18.8 Å². The number of hydrogen-bond acceptors (Lipinski definition) is 4. The number of rotatable bonds is 4. The Morgan fingerprint density at radius 1 is 0.966 bits per heavy atom. The van der Waals surface area contributed by atoms with E-state index in [1.807, 2.05) is 0 Å². The monoisotopic (exact) mass is 418 g/mol. The molecule has 7 heteroatoms. The molecule has 0 radical (unpaired) electrons. The molecule has 0 aromatic heterocycles. The number of sulfonamides is 1. The van der Waals surface area contributed by atoms with E-state index < -0.39 is 10.0 Å². The maximum atomic E-state index is 13.3. The maximum absolute atomic E-state index is 13.3. The molecule has 158 valence electrons. The average Bonchev–Trinajstić information content (AvgIpc) is 2.94. The largest absolute Gasteiger partial charge is 0.379 e. The van der Waals surface area contributed by atoms with Gasteiger partial charge in [-0.1, -0.05) is 12.8 Å². The Kier molecular flexibility index (Phi) is 4.95. The smallest absolute Gasteiger partial charge is 0.243 e. The van der Waals surface area contributed by atoms with Crippen molar-refractivity contribution in [2.45, 2.75) is 49.8 Å². The van der Waals surface area contributed by atoms with Crippen molar-refractivity contribution in [3.8, 4) is 0 Å². The van der Waals surface area contributed by atoms with E-state index in [1.54, 1.807) is 24.3 Å². The fourth-order valence-electron chi connectivity index (χ4n) is 6.38. The summed E-state index contributed by atoms with van der Waals surface area (Å²) >= 11 is 0. The Morgan fingerprint density at radius 3 is 2.17 bits per heavy atom. The van der Waals surface area contributed by atoms with Crippen molar-refractivity contribution in [3.63, 3.8) is 0 Å². The number of benzene rings is 1. The summed E-state index contributed by atoms with van der Waals surface area (Å²) in [6, 6.07) is 6.65. The predicted molar refractivity (Wildman–Crippen MR) is 110 cm³/mol. The molecule has 1 amide bonds. The number of anilines is 1. The van der Waals surface area contributed by atoms with E-state index in [9.17, 15) is 13.2 Å². The molecular weight excluding hydrogens is 388 g/mol. The molecule has 2 atom stereocenters. The molecule has 4 saturated carbocycles. The van der Waals surface area contributed by atoms with Crippen LogP contribution in [0.5, 0.6) is 0 Å². The molecule has 29 heavy (non-hydrogen) atoms. The summed E-state index contributed by atoms with van der Waals surface area (Å²) in [5, 5.41) is 3.12. The molecule has 1 aliphatic heterocycles. The molecule has 1 aromatic rings. The molecule has 5 aliphatic rings. The molecule has 1 aromatic carbocycles. The lowest BCUT2D eigenvalue weighted by Crippen LogP contribution is -2.46. The van der Waals surface area contributed by atoms with E-state index >= 15 is 0 Å². The van der Waals surface area contributed by atoms with Crippen molar-refractivity contribution in [3.05, 3.63) is 24.3 Å². The van der Waals surface area contributed by atoms with Crippen LogP contribution in [0.4, 0.5) is 5.69 Å². The molecule has 4 bridgehead atoms. The number of carbonyl (C=O) groups is 1. The third-order valence-corrected chi connectivity index (χ3v) is 9.47. The fraction of sp³-hybridized carbons (Fsp3) is 0.682. The van der Waals surface area contributed by atoms with Gasteiger partial charge in [-0.05, 0) is 74.1 Å². The summed E-state index contributed by atoms with van der Waals surface area (Å²) in [5.41, 5.74) is 0.469. The van der Waals surface area contributed by atoms with Crippen LogP contribution in [0.3, 0.4) is 0 Å². The number of fused-ring (bicyclic) bond motifs is 1. The van der Waals surface area contributed by atoms with Crippen LogP contribution < -0.4 is 5.32 Å². The Morgan fingerprint density at radius 2 is 1.55 bits per heavy atom. The highest BCUT2D eigenvalue weighted by Crippen LogP contribution is 2.58. The molecule has 2 unspecified atom stereocenters. The molecule has 1 saturated heterocycles. The normalized spacial score (nSPS) is 34.7. The second-order valence-corrected chi connectivity index (χ2v) is 11.5. The van der Waals surface area contributed by atoms with Crippen LogP contribution in [0.25, 0.3) is 0 Å². The third-order valence-electron chi connectivity index (χ3n) is 7.56. The van der Waals surface area contributed by atoms with E-state index in [1.165, 1.54) is 30.0 Å². The average molecular weight is 419 g/mol. The van der Waals surface area contributed by atoms with Gasteiger partial charge in [-0.15, -0.1) is 0 Å². The van der Waals surface area contributed by atoms with Crippen molar-refractivity contribution in [1.29, 1.82) is 0 Å². The molecule has 0 spiro atoms. The van der Waals surface area contributed by atoms with Crippen molar-refractivity contribution >= 4 is 21.6 Å². The minimum absolute atomic E-state index is 0.141. The van der Waals surface area contributed by atoms with E-state index in [0.29, 0.717) is 49.7 Å². The predicted octanol–water partition coefficient (Wildman–Crippen LogP) is 3.25. The van der Waals surface area contributed by atoms with Crippen LogP contribution >= 0.6 is 0 Å². The Labute approximate surface area is 173 Å². The van der Waals surface area contributed by atoms with Crippen LogP contribution in [0.1, 0.15) is 44.9 Å². The summed E-state index contributed by atoms with van der Waals surface area (Å²) in [7, 11) is -3.51. The van der Waals surface area contributed by atoms with Gasteiger partial charge in [-0.25, -0.2) is 8.42 Å². The molecule has 1 N–H and O–H groups in total. The van der Waals surface area contributed by atoms with Crippen molar-refractivity contribution in [2.75, 3.05) is 31.6 Å². The number of nitrogens with one attached hydrogen (secondary N) is 1. The molecular formula is C22H30N2O4S. The summed E-state index contributed by atoms with van der Waals surface area (Å²) in [5.74, 6) is 2.26. The first-order valence-corrected chi connectivity index (χ1v) is 12.4. The highest BCUT2D eigenvalue weighted by atomic mass is 32.2. The molecule has 6 nitrogen and oxygen atoms in total. The van der Waals surface area contributed by atoms with E-state index in [2.05, 4.69) is 5.32 Å². The van der Waals surface area contributed by atoms with Gasteiger partial charge in [-0.3, -0.25) is 4.79 Å². The number of amides is 1. The number of ether oxygens (including phenoxy) is 1. The topological polar surface area (TPSA) is 75.7 Å². The Balaban J connectivity index is 1.30. The maximum Gasteiger partial charge on any atom is 0.243 e. The molecule has 1 heterocycles. The second kappa shape index (κ2) is 7.36. The lowest BCUT2D eigenvalue weighted by molar-refractivity contribution is -0.132. The quantitative estimate of drug-likeness (QED) is 0.814. The van der Waals surface area contributed by atoms with Gasteiger partial charge >= 0.3 is 0 Å².